The number of nitrogens with one attached hydrogen (secondary N) is 2. The molecule has 1 heterocycles. The zero-order valence-electron chi connectivity index (χ0n) is 16.0. The van der Waals surface area contributed by atoms with Crippen molar-refractivity contribution >= 4 is 40.1 Å². The summed E-state index contributed by atoms with van der Waals surface area (Å²) in [7, 11) is 2.13. The Morgan fingerprint density at radius 1 is 0.964 bits per heavy atom. The van der Waals surface area contributed by atoms with Gasteiger partial charge < -0.3 is 15.5 Å². The summed E-state index contributed by atoms with van der Waals surface area (Å²) in [6.07, 6.45) is 0. The first-order valence-electron chi connectivity index (χ1n) is 9.38. The molecule has 2 aromatic rings. The van der Waals surface area contributed by atoms with Crippen molar-refractivity contribution in [3.8, 4) is 0 Å². The fourth-order valence-corrected chi connectivity index (χ4v) is 3.68. The van der Waals surface area contributed by atoms with Crippen LogP contribution in [0.2, 0.25) is 0 Å². The van der Waals surface area contributed by atoms with Crippen LogP contribution in [0, 0.1) is 3.57 Å². The molecule has 0 saturated carbocycles. The lowest BCUT2D eigenvalue weighted by atomic mass is 10.1. The molecule has 3 rings (SSSR count). The highest BCUT2D eigenvalue weighted by Gasteiger charge is 2.14. The number of anilines is 1. The van der Waals surface area contributed by atoms with Crippen LogP contribution in [0.1, 0.15) is 20.7 Å². The Morgan fingerprint density at radius 3 is 2.32 bits per heavy atom. The van der Waals surface area contributed by atoms with Crippen molar-refractivity contribution in [2.75, 3.05) is 51.6 Å². The van der Waals surface area contributed by atoms with E-state index in [2.05, 4.69) is 50.1 Å². The third-order valence-electron chi connectivity index (χ3n) is 4.83. The first-order valence-corrected chi connectivity index (χ1v) is 10.5. The quantitative estimate of drug-likeness (QED) is 0.609. The van der Waals surface area contributed by atoms with Crippen LogP contribution >= 0.6 is 22.6 Å². The highest BCUT2D eigenvalue weighted by molar-refractivity contribution is 14.1. The summed E-state index contributed by atoms with van der Waals surface area (Å²) in [5.74, 6) is -0.251. The number of carbonyl (C=O) groups excluding carboxylic acids is 2. The van der Waals surface area contributed by atoms with Crippen molar-refractivity contribution in [3.63, 3.8) is 0 Å². The number of amides is 2. The van der Waals surface area contributed by atoms with Gasteiger partial charge in [-0.2, -0.15) is 0 Å². The van der Waals surface area contributed by atoms with E-state index in [0.29, 0.717) is 23.4 Å². The van der Waals surface area contributed by atoms with Crippen LogP contribution in [0.25, 0.3) is 0 Å². The second kappa shape index (κ2) is 9.99. The number of rotatable bonds is 6. The van der Waals surface area contributed by atoms with Crippen LogP contribution in [-0.4, -0.2) is 67.9 Å². The predicted molar refractivity (Wildman–Crippen MR) is 120 cm³/mol. The van der Waals surface area contributed by atoms with Gasteiger partial charge in [-0.1, -0.05) is 12.1 Å². The monoisotopic (exact) mass is 492 g/mol. The third-order valence-corrected chi connectivity index (χ3v) is 5.77. The maximum atomic E-state index is 12.4. The Hall–Kier alpha value is -1.97. The zero-order chi connectivity index (χ0) is 19.9. The van der Waals surface area contributed by atoms with Gasteiger partial charge in [0.25, 0.3) is 11.8 Å². The van der Waals surface area contributed by atoms with Gasteiger partial charge in [0.1, 0.15) is 0 Å². The Morgan fingerprint density at radius 2 is 1.64 bits per heavy atom. The molecule has 148 valence electrons. The lowest BCUT2D eigenvalue weighted by Crippen LogP contribution is -2.46. The number of carbonyl (C=O) groups is 2. The molecule has 7 heteroatoms. The Bertz CT molecular complexity index is 817. The summed E-state index contributed by atoms with van der Waals surface area (Å²) < 4.78 is 0.897. The van der Waals surface area contributed by atoms with E-state index >= 15 is 0 Å². The number of hydrogen-bond donors (Lipinski definition) is 2. The smallest absolute Gasteiger partial charge is 0.256 e. The second-order valence-corrected chi connectivity index (χ2v) is 8.07. The standard InChI is InChI=1S/C21H25IN4O2/c1-25-12-14-26(15-13-25)11-10-23-20(27)16-6-8-17(9-7-16)24-21(28)18-4-2-3-5-19(18)22/h2-9H,10-15H2,1H3,(H,23,27)(H,24,28). The Balaban J connectivity index is 1.47. The summed E-state index contributed by atoms with van der Waals surface area (Å²) in [4.78, 5) is 29.4. The Kier molecular flexibility index (Phi) is 7.41. The van der Waals surface area contributed by atoms with Crippen molar-refractivity contribution in [2.45, 2.75) is 0 Å². The summed E-state index contributed by atoms with van der Waals surface area (Å²) >= 11 is 2.14. The molecule has 0 aromatic heterocycles. The van der Waals surface area contributed by atoms with Gasteiger partial charge in [-0.05, 0) is 66.0 Å². The zero-order valence-corrected chi connectivity index (χ0v) is 18.1. The van der Waals surface area contributed by atoms with Gasteiger partial charge in [-0.3, -0.25) is 14.5 Å². The lowest BCUT2D eigenvalue weighted by Gasteiger charge is -2.32. The molecule has 0 spiro atoms. The van der Waals surface area contributed by atoms with Crippen LogP contribution < -0.4 is 10.6 Å². The fraction of sp³-hybridized carbons (Fsp3) is 0.333. The summed E-state index contributed by atoms with van der Waals surface area (Å²) in [6.45, 7) is 5.73. The van der Waals surface area contributed by atoms with E-state index in [4.69, 9.17) is 0 Å². The van der Waals surface area contributed by atoms with Crippen molar-refractivity contribution in [2.24, 2.45) is 0 Å². The molecule has 1 saturated heterocycles. The highest BCUT2D eigenvalue weighted by atomic mass is 127. The topological polar surface area (TPSA) is 64.7 Å². The van der Waals surface area contributed by atoms with Gasteiger partial charge in [-0.25, -0.2) is 0 Å². The molecule has 0 aliphatic carbocycles. The number of halogens is 1. The minimum atomic E-state index is -0.158. The van der Waals surface area contributed by atoms with Gasteiger partial charge in [0.15, 0.2) is 0 Å². The van der Waals surface area contributed by atoms with E-state index in [-0.39, 0.29) is 11.8 Å². The number of piperazine rings is 1. The lowest BCUT2D eigenvalue weighted by molar-refractivity contribution is 0.0940. The number of likely N-dealkylation sites (N-methyl/N-ethyl adjacent to an activating group) is 1. The molecule has 1 fully saturated rings. The van der Waals surface area contributed by atoms with Crippen LogP contribution in [0.5, 0.6) is 0 Å². The van der Waals surface area contributed by atoms with Crippen LogP contribution in [0.15, 0.2) is 48.5 Å². The van der Waals surface area contributed by atoms with E-state index < -0.39 is 0 Å². The van der Waals surface area contributed by atoms with E-state index in [9.17, 15) is 9.59 Å². The molecule has 0 atom stereocenters. The molecular weight excluding hydrogens is 467 g/mol. The fourth-order valence-electron chi connectivity index (χ4n) is 3.05. The summed E-state index contributed by atoms with van der Waals surface area (Å²) in [5.41, 5.74) is 1.89. The Labute approximate surface area is 179 Å². The number of benzene rings is 2. The minimum Gasteiger partial charge on any atom is -0.351 e. The molecular formula is C21H25IN4O2. The maximum Gasteiger partial charge on any atom is 0.256 e. The highest BCUT2D eigenvalue weighted by Crippen LogP contribution is 2.15. The molecule has 1 aliphatic heterocycles. The van der Waals surface area contributed by atoms with Gasteiger partial charge in [0.05, 0.1) is 5.56 Å². The number of nitrogens with zero attached hydrogens (tertiary/aromatic N) is 2. The van der Waals surface area contributed by atoms with Crippen LogP contribution in [0.4, 0.5) is 5.69 Å². The van der Waals surface area contributed by atoms with Crippen molar-refractivity contribution in [1.29, 1.82) is 0 Å². The van der Waals surface area contributed by atoms with Crippen molar-refractivity contribution in [1.82, 2.24) is 15.1 Å². The summed E-state index contributed by atoms with van der Waals surface area (Å²) in [5, 5.41) is 5.84. The van der Waals surface area contributed by atoms with Gasteiger partial charge >= 0.3 is 0 Å². The largest absolute Gasteiger partial charge is 0.351 e. The third kappa shape index (κ3) is 5.76. The first kappa shape index (κ1) is 20.8. The molecule has 2 N–H and O–H groups in total. The minimum absolute atomic E-state index is 0.0930. The normalized spacial score (nSPS) is 15.2. The van der Waals surface area contributed by atoms with E-state index in [1.165, 1.54) is 0 Å². The molecule has 0 unspecified atom stereocenters. The molecule has 2 amide bonds. The molecule has 0 bridgehead atoms. The van der Waals surface area contributed by atoms with Gasteiger partial charge in [0.2, 0.25) is 0 Å². The van der Waals surface area contributed by atoms with Gasteiger partial charge in [0, 0.05) is 54.1 Å². The predicted octanol–water partition coefficient (Wildman–Crippen LogP) is 2.52. The molecule has 1 aliphatic rings. The van der Waals surface area contributed by atoms with Gasteiger partial charge in [-0.15, -0.1) is 0 Å². The van der Waals surface area contributed by atoms with E-state index in [1.54, 1.807) is 30.3 Å². The van der Waals surface area contributed by atoms with Crippen molar-refractivity contribution in [3.05, 3.63) is 63.2 Å². The molecule has 2 aromatic carbocycles. The summed E-state index contributed by atoms with van der Waals surface area (Å²) in [6, 6.07) is 14.4. The first-order chi connectivity index (χ1) is 13.5. The van der Waals surface area contributed by atoms with Crippen LogP contribution in [0.3, 0.4) is 0 Å². The van der Waals surface area contributed by atoms with E-state index in [1.807, 2.05) is 18.2 Å². The van der Waals surface area contributed by atoms with E-state index in [0.717, 1.165) is 36.3 Å². The number of hydrogen-bond acceptors (Lipinski definition) is 4. The maximum absolute atomic E-state index is 12.4. The average molecular weight is 492 g/mol. The van der Waals surface area contributed by atoms with Crippen LogP contribution in [-0.2, 0) is 0 Å². The SMILES string of the molecule is CN1CCN(CCNC(=O)c2ccc(NC(=O)c3ccccc3I)cc2)CC1. The van der Waals surface area contributed by atoms with Crippen molar-refractivity contribution < 1.29 is 9.59 Å². The average Bonchev–Trinajstić information content (AvgIpc) is 2.70. The molecule has 6 nitrogen and oxygen atoms in total. The second-order valence-electron chi connectivity index (χ2n) is 6.91. The molecule has 28 heavy (non-hydrogen) atoms. The molecule has 0 radical (unpaired) electrons.